The van der Waals surface area contributed by atoms with Crippen LogP contribution in [0, 0.1) is 11.3 Å². The number of anilines is 2. The van der Waals surface area contributed by atoms with Gasteiger partial charge in [-0.15, -0.1) is 0 Å². The molecule has 3 aliphatic rings. The number of phenolic OH excluding ortho intramolecular Hbond substituents is 1. The smallest absolute Gasteiger partial charge is 0.416 e. The first-order valence-electron chi connectivity index (χ1n) is 12.4. The summed E-state index contributed by atoms with van der Waals surface area (Å²) in [5, 5.41) is 26.2. The van der Waals surface area contributed by atoms with Gasteiger partial charge in [0.05, 0.1) is 11.7 Å². The van der Waals surface area contributed by atoms with E-state index in [2.05, 4.69) is 20.6 Å². The predicted octanol–water partition coefficient (Wildman–Crippen LogP) is 3.09. The van der Waals surface area contributed by atoms with Crippen molar-refractivity contribution in [2.45, 2.75) is 44.0 Å². The van der Waals surface area contributed by atoms with Gasteiger partial charge < -0.3 is 25.2 Å². The van der Waals surface area contributed by atoms with E-state index >= 15 is 0 Å². The van der Waals surface area contributed by atoms with Gasteiger partial charge in [-0.2, -0.15) is 5.26 Å². The van der Waals surface area contributed by atoms with Crippen LogP contribution in [0.4, 0.5) is 16.4 Å². The van der Waals surface area contributed by atoms with E-state index in [9.17, 15) is 14.7 Å². The quantitative estimate of drug-likeness (QED) is 0.469. The van der Waals surface area contributed by atoms with Crippen molar-refractivity contribution in [3.05, 3.63) is 59.8 Å². The summed E-state index contributed by atoms with van der Waals surface area (Å²) in [4.78, 5) is 34.7. The molecule has 2 aromatic heterocycles. The van der Waals surface area contributed by atoms with Gasteiger partial charge in [0.15, 0.2) is 18.2 Å². The zero-order valence-corrected chi connectivity index (χ0v) is 20.3. The summed E-state index contributed by atoms with van der Waals surface area (Å²) in [6.45, 7) is 0.357. The number of benzene rings is 1. The lowest BCUT2D eigenvalue weighted by molar-refractivity contribution is -0.118. The third kappa shape index (κ3) is 4.35. The maximum Gasteiger partial charge on any atom is 0.416 e. The van der Waals surface area contributed by atoms with Crippen LogP contribution >= 0.6 is 0 Å². The molecule has 192 valence electrons. The lowest BCUT2D eigenvalue weighted by atomic mass is 9.88. The molecule has 1 aliphatic carbocycles. The number of pyridine rings is 2. The lowest BCUT2D eigenvalue weighted by Gasteiger charge is -2.33. The van der Waals surface area contributed by atoms with E-state index in [1.807, 2.05) is 18.2 Å². The summed E-state index contributed by atoms with van der Waals surface area (Å²) in [5.74, 6) is 0.992. The normalized spacial score (nSPS) is 22.0. The number of ether oxygens (including phenoxy) is 2. The number of nitrogens with zero attached hydrogens (tertiary/aromatic N) is 4. The molecule has 1 saturated heterocycles. The van der Waals surface area contributed by atoms with Crippen molar-refractivity contribution in [1.29, 1.82) is 5.26 Å². The van der Waals surface area contributed by atoms with Crippen LogP contribution in [0.2, 0.25) is 0 Å². The first kappa shape index (κ1) is 23.7. The number of para-hydroxylation sites is 1. The summed E-state index contributed by atoms with van der Waals surface area (Å²) in [6.07, 6.45) is 1.34. The number of amides is 2. The zero-order valence-electron chi connectivity index (χ0n) is 20.3. The van der Waals surface area contributed by atoms with Crippen LogP contribution in [-0.4, -0.2) is 51.9 Å². The molecule has 1 saturated carbocycles. The Morgan fingerprint density at radius 3 is 2.87 bits per heavy atom. The fourth-order valence-electron chi connectivity index (χ4n) is 5.24. The highest BCUT2D eigenvalue weighted by Gasteiger charge is 2.46. The van der Waals surface area contributed by atoms with Crippen molar-refractivity contribution in [2.75, 3.05) is 16.8 Å². The Bertz CT molecular complexity index is 1470. The Balaban J connectivity index is 1.12. The summed E-state index contributed by atoms with van der Waals surface area (Å²) in [5.41, 5.74) is 2.08. The monoisotopic (exact) mass is 512 g/mol. The van der Waals surface area contributed by atoms with Gasteiger partial charge in [-0.1, -0.05) is 18.2 Å². The number of nitrogens with one attached hydrogen (secondary N) is 2. The van der Waals surface area contributed by atoms with Crippen LogP contribution in [0.5, 0.6) is 11.5 Å². The van der Waals surface area contributed by atoms with Crippen molar-refractivity contribution in [3.63, 3.8) is 0 Å². The van der Waals surface area contributed by atoms with Crippen LogP contribution < -0.4 is 20.3 Å². The topological polar surface area (TPSA) is 150 Å². The summed E-state index contributed by atoms with van der Waals surface area (Å²) < 4.78 is 11.1. The van der Waals surface area contributed by atoms with E-state index in [0.29, 0.717) is 53.6 Å². The maximum atomic E-state index is 12.8. The second-order valence-electron chi connectivity index (χ2n) is 9.44. The molecule has 4 heterocycles. The average molecular weight is 513 g/mol. The first-order chi connectivity index (χ1) is 18.5. The minimum Gasteiger partial charge on any atom is -0.507 e. The Morgan fingerprint density at radius 1 is 1.13 bits per heavy atom. The van der Waals surface area contributed by atoms with Crippen molar-refractivity contribution in [3.8, 4) is 28.8 Å². The molecule has 11 heteroatoms. The Labute approximate surface area is 218 Å². The van der Waals surface area contributed by atoms with Gasteiger partial charge in [0.1, 0.15) is 29.4 Å². The molecule has 6 rings (SSSR count). The van der Waals surface area contributed by atoms with Crippen LogP contribution in [0.3, 0.4) is 0 Å². The van der Waals surface area contributed by atoms with E-state index in [-0.39, 0.29) is 42.1 Å². The van der Waals surface area contributed by atoms with Gasteiger partial charge in [0.2, 0.25) is 0 Å². The molecule has 0 spiro atoms. The average Bonchev–Trinajstić information content (AvgIpc) is 3.26. The highest BCUT2D eigenvalue weighted by atomic mass is 16.6. The lowest BCUT2D eigenvalue weighted by Crippen LogP contribution is -2.46. The number of carbonyl (C=O) groups excluding carboxylic acids is 2. The molecule has 0 bridgehead atoms. The van der Waals surface area contributed by atoms with Crippen LogP contribution in [-0.2, 0) is 16.1 Å². The summed E-state index contributed by atoms with van der Waals surface area (Å²) in [6, 6.07) is 15.9. The van der Waals surface area contributed by atoms with Gasteiger partial charge in [-0.3, -0.25) is 9.69 Å². The van der Waals surface area contributed by atoms with Crippen molar-refractivity contribution in [1.82, 2.24) is 15.3 Å². The van der Waals surface area contributed by atoms with Gasteiger partial charge in [0, 0.05) is 30.1 Å². The van der Waals surface area contributed by atoms with Crippen molar-refractivity contribution in [2.24, 2.45) is 0 Å². The first-order valence-corrected chi connectivity index (χ1v) is 12.4. The molecule has 0 unspecified atom stereocenters. The van der Waals surface area contributed by atoms with E-state index < -0.39 is 6.09 Å². The summed E-state index contributed by atoms with van der Waals surface area (Å²) in [7, 11) is 0. The van der Waals surface area contributed by atoms with E-state index in [0.717, 1.165) is 6.42 Å². The molecule has 2 amide bonds. The number of rotatable bonds is 5. The fourth-order valence-corrected chi connectivity index (χ4v) is 5.24. The molecule has 38 heavy (non-hydrogen) atoms. The largest absolute Gasteiger partial charge is 0.507 e. The zero-order chi connectivity index (χ0) is 26.2. The Morgan fingerprint density at radius 2 is 2.00 bits per heavy atom. The Kier molecular flexibility index (Phi) is 6.01. The molecule has 3 N–H and O–H groups in total. The van der Waals surface area contributed by atoms with Gasteiger partial charge in [-0.05, 0) is 43.2 Å². The van der Waals surface area contributed by atoms with E-state index in [1.54, 1.807) is 41.3 Å². The number of aromatic hydroxyl groups is 1. The molecule has 3 atom stereocenters. The number of carbonyl (C=O) groups is 2. The maximum absolute atomic E-state index is 12.8. The van der Waals surface area contributed by atoms with E-state index in [1.165, 1.54) is 0 Å². The number of hydrogen-bond donors (Lipinski definition) is 3. The van der Waals surface area contributed by atoms with Crippen LogP contribution in [0.1, 0.15) is 30.5 Å². The second-order valence-corrected chi connectivity index (χ2v) is 9.44. The number of nitriles is 1. The minimum atomic E-state index is -0.464. The molecule has 2 fully saturated rings. The van der Waals surface area contributed by atoms with Crippen molar-refractivity contribution < 1.29 is 24.2 Å². The van der Waals surface area contributed by atoms with Crippen LogP contribution in [0.25, 0.3) is 11.3 Å². The molecule has 11 nitrogen and oxygen atoms in total. The number of fused-ring (bicyclic) bond motifs is 2. The highest BCUT2D eigenvalue weighted by molar-refractivity contribution is 5.95. The number of hydrogen-bond acceptors (Lipinski definition) is 9. The van der Waals surface area contributed by atoms with Gasteiger partial charge in [0.25, 0.3) is 5.91 Å². The minimum absolute atomic E-state index is 0.0633. The predicted molar refractivity (Wildman–Crippen MR) is 135 cm³/mol. The van der Waals surface area contributed by atoms with Gasteiger partial charge >= 0.3 is 6.09 Å². The van der Waals surface area contributed by atoms with Gasteiger partial charge in [-0.25, -0.2) is 14.8 Å². The third-order valence-corrected chi connectivity index (χ3v) is 7.08. The molecule has 2 aliphatic heterocycles. The fraction of sp³-hybridized carbons (Fsp3) is 0.296. The standard InChI is InChI=1S/C27H24N6O5/c28-12-17-4-2-6-19(30-17)18-5-1-3-15(25(18)35)13-29-16-7-8-20-22(11-16)38-27(36)33(20)23-10-9-21-26(31-23)32-24(34)14-37-21/h1-6,9-10,16,20,22,29,35H,7-8,11,13-14H2,(H,31,32,34)/t16-,20-,22-/m1/s1. The molecule has 3 aromatic rings. The molecular weight excluding hydrogens is 488 g/mol. The number of aromatic nitrogens is 2. The molecular formula is C27H24N6O5. The van der Waals surface area contributed by atoms with E-state index in [4.69, 9.17) is 14.7 Å². The highest BCUT2D eigenvalue weighted by Crippen LogP contribution is 2.37. The molecule has 1 aromatic carbocycles. The Hall–Kier alpha value is -4.69. The third-order valence-electron chi connectivity index (χ3n) is 7.08. The number of phenols is 1. The second kappa shape index (κ2) is 9.64. The van der Waals surface area contributed by atoms with Crippen LogP contribution in [0.15, 0.2) is 48.5 Å². The SMILES string of the molecule is N#Cc1cccc(-c2cccc(CN[C@@H]3CC[C@@H]4[C@@H](C3)OC(=O)N4c3ccc4c(n3)NC(=O)CO4)c2O)n1. The van der Waals surface area contributed by atoms with Crippen molar-refractivity contribution >= 4 is 23.6 Å². The summed E-state index contributed by atoms with van der Waals surface area (Å²) >= 11 is 0. The molecule has 0 radical (unpaired) electrons.